The number of hydrogen-bond acceptors (Lipinski definition) is 3. The highest BCUT2D eigenvalue weighted by Crippen LogP contribution is 2.16. The minimum Gasteiger partial charge on any atom is -0.310 e. The molecule has 118 valence electrons. The largest absolute Gasteiger partial charge is 0.310 e. The van der Waals surface area contributed by atoms with E-state index in [1.807, 2.05) is 6.07 Å². The van der Waals surface area contributed by atoms with E-state index in [0.717, 1.165) is 18.4 Å². The Hall–Kier alpha value is -1.17. The first kappa shape index (κ1) is 17.9. The molecule has 0 saturated heterocycles. The second-order valence-corrected chi connectivity index (χ2v) is 7.49. The molecule has 0 aliphatic heterocycles. The monoisotopic (exact) mass is 310 g/mol. The second kappa shape index (κ2) is 8.32. The van der Waals surface area contributed by atoms with E-state index in [1.54, 1.807) is 31.3 Å². The van der Waals surface area contributed by atoms with Crippen molar-refractivity contribution in [2.75, 3.05) is 13.6 Å². The number of allylic oxidation sites excluding steroid dienone is 1. The lowest BCUT2D eigenvalue weighted by Gasteiger charge is -2.17. The van der Waals surface area contributed by atoms with Crippen LogP contribution >= 0.6 is 0 Å². The molecule has 0 atom stereocenters. The topological polar surface area (TPSA) is 49.4 Å². The van der Waals surface area contributed by atoms with Crippen molar-refractivity contribution in [3.63, 3.8) is 0 Å². The van der Waals surface area contributed by atoms with E-state index in [2.05, 4.69) is 25.7 Å². The summed E-state index contributed by atoms with van der Waals surface area (Å²) in [5, 5.41) is 3.29. The van der Waals surface area contributed by atoms with Gasteiger partial charge in [0.2, 0.25) is 10.0 Å². The molecule has 0 spiro atoms. The minimum absolute atomic E-state index is 0.353. The van der Waals surface area contributed by atoms with Gasteiger partial charge in [0.05, 0.1) is 4.90 Å². The summed E-state index contributed by atoms with van der Waals surface area (Å²) in [6.45, 7) is 8.95. The van der Waals surface area contributed by atoms with Crippen LogP contribution < -0.4 is 5.32 Å². The first-order valence-corrected chi connectivity index (χ1v) is 8.71. The maximum Gasteiger partial charge on any atom is 0.242 e. The molecule has 1 aromatic rings. The summed E-state index contributed by atoms with van der Waals surface area (Å²) in [7, 11) is -1.79. The van der Waals surface area contributed by atoms with Crippen molar-refractivity contribution in [3.8, 4) is 0 Å². The molecular weight excluding hydrogens is 284 g/mol. The maximum absolute atomic E-state index is 12.5. The van der Waals surface area contributed by atoms with Gasteiger partial charge in [-0.1, -0.05) is 32.1 Å². The van der Waals surface area contributed by atoms with Crippen LogP contribution in [-0.4, -0.2) is 32.4 Å². The molecule has 0 aliphatic rings. The van der Waals surface area contributed by atoms with Crippen LogP contribution in [0, 0.1) is 0 Å². The average molecular weight is 310 g/mol. The van der Waals surface area contributed by atoms with E-state index in [4.69, 9.17) is 0 Å². The predicted molar refractivity (Wildman–Crippen MR) is 87.7 cm³/mol. The fourth-order valence-corrected chi connectivity index (χ4v) is 3.18. The Morgan fingerprint density at radius 2 is 2.10 bits per heavy atom. The highest BCUT2D eigenvalue weighted by Gasteiger charge is 2.20. The summed E-state index contributed by atoms with van der Waals surface area (Å²) in [5.74, 6) is 0. The Morgan fingerprint density at radius 1 is 1.38 bits per heavy atom. The van der Waals surface area contributed by atoms with Crippen LogP contribution in [-0.2, 0) is 16.6 Å². The molecule has 1 aromatic carbocycles. The standard InChI is InChI=1S/C16H26N2O2S/c1-5-6-7-11-18(4)21(19,20)16-10-8-9-15(12-16)13-17-14(2)3/h5,8-10,12,14,17H,1,6-7,11,13H2,2-4H3. The average Bonchev–Trinajstić information content (AvgIpc) is 2.45. The molecule has 1 rings (SSSR count). The summed E-state index contributed by atoms with van der Waals surface area (Å²) < 4.78 is 26.4. The second-order valence-electron chi connectivity index (χ2n) is 5.44. The van der Waals surface area contributed by atoms with E-state index >= 15 is 0 Å². The van der Waals surface area contributed by atoms with Gasteiger partial charge >= 0.3 is 0 Å². The fourth-order valence-electron chi connectivity index (χ4n) is 1.90. The minimum atomic E-state index is -3.41. The quantitative estimate of drug-likeness (QED) is 0.563. The third-order valence-corrected chi connectivity index (χ3v) is 5.06. The van der Waals surface area contributed by atoms with Gasteiger partial charge in [0.25, 0.3) is 0 Å². The molecule has 0 bridgehead atoms. The molecule has 0 fully saturated rings. The third-order valence-electron chi connectivity index (χ3n) is 3.20. The Kier molecular flexibility index (Phi) is 7.08. The lowest BCUT2D eigenvalue weighted by Crippen LogP contribution is -2.28. The van der Waals surface area contributed by atoms with Crippen molar-refractivity contribution in [1.29, 1.82) is 0 Å². The molecule has 4 nitrogen and oxygen atoms in total. The zero-order valence-electron chi connectivity index (χ0n) is 13.2. The molecule has 0 aliphatic carbocycles. The van der Waals surface area contributed by atoms with E-state index in [9.17, 15) is 8.42 Å². The number of sulfonamides is 1. The van der Waals surface area contributed by atoms with Crippen molar-refractivity contribution < 1.29 is 8.42 Å². The predicted octanol–water partition coefficient (Wildman–Crippen LogP) is 2.77. The summed E-state index contributed by atoms with van der Waals surface area (Å²) in [4.78, 5) is 0.353. The van der Waals surface area contributed by atoms with Crippen LogP contribution in [0.4, 0.5) is 0 Å². The third kappa shape index (κ3) is 5.61. The number of nitrogens with zero attached hydrogens (tertiary/aromatic N) is 1. The summed E-state index contributed by atoms with van der Waals surface area (Å²) in [6.07, 6.45) is 3.41. The van der Waals surface area contributed by atoms with Crippen molar-refractivity contribution >= 4 is 10.0 Å². The maximum atomic E-state index is 12.5. The van der Waals surface area contributed by atoms with Gasteiger partial charge in [-0.15, -0.1) is 6.58 Å². The van der Waals surface area contributed by atoms with Crippen LogP contribution in [0.5, 0.6) is 0 Å². The zero-order chi connectivity index (χ0) is 15.9. The van der Waals surface area contributed by atoms with Crippen LogP contribution in [0.15, 0.2) is 41.8 Å². The molecule has 0 unspecified atom stereocenters. The number of rotatable bonds is 9. The van der Waals surface area contributed by atoms with E-state index in [1.165, 1.54) is 4.31 Å². The summed E-state index contributed by atoms with van der Waals surface area (Å²) in [5.41, 5.74) is 0.976. The van der Waals surface area contributed by atoms with Gasteiger partial charge in [0, 0.05) is 26.2 Å². The molecule has 0 heterocycles. The molecule has 1 N–H and O–H groups in total. The van der Waals surface area contributed by atoms with E-state index in [-0.39, 0.29) is 0 Å². The highest BCUT2D eigenvalue weighted by molar-refractivity contribution is 7.89. The molecule has 0 aromatic heterocycles. The van der Waals surface area contributed by atoms with Crippen molar-refractivity contribution in [1.82, 2.24) is 9.62 Å². The Morgan fingerprint density at radius 3 is 2.71 bits per heavy atom. The Balaban J connectivity index is 2.82. The highest BCUT2D eigenvalue weighted by atomic mass is 32.2. The van der Waals surface area contributed by atoms with Crippen LogP contribution in [0.25, 0.3) is 0 Å². The Labute approximate surface area is 128 Å². The number of unbranched alkanes of at least 4 members (excludes halogenated alkanes) is 1. The first-order valence-electron chi connectivity index (χ1n) is 7.27. The Bertz CT molecular complexity index is 553. The van der Waals surface area contributed by atoms with Crippen molar-refractivity contribution in [3.05, 3.63) is 42.5 Å². The zero-order valence-corrected chi connectivity index (χ0v) is 14.0. The molecule has 5 heteroatoms. The molecule has 0 radical (unpaired) electrons. The van der Waals surface area contributed by atoms with E-state index < -0.39 is 10.0 Å². The fraction of sp³-hybridized carbons (Fsp3) is 0.500. The summed E-state index contributed by atoms with van der Waals surface area (Å²) in [6, 6.07) is 7.49. The van der Waals surface area contributed by atoms with Gasteiger partial charge < -0.3 is 5.32 Å². The van der Waals surface area contributed by atoms with Crippen LogP contribution in [0.2, 0.25) is 0 Å². The van der Waals surface area contributed by atoms with Gasteiger partial charge in [-0.2, -0.15) is 0 Å². The molecular formula is C16H26N2O2S. The first-order chi connectivity index (χ1) is 9.87. The van der Waals surface area contributed by atoms with Gasteiger partial charge in [-0.05, 0) is 30.5 Å². The molecule has 21 heavy (non-hydrogen) atoms. The van der Waals surface area contributed by atoms with Gasteiger partial charge in [-0.3, -0.25) is 0 Å². The van der Waals surface area contributed by atoms with Crippen molar-refractivity contribution in [2.24, 2.45) is 0 Å². The van der Waals surface area contributed by atoms with Crippen molar-refractivity contribution in [2.45, 2.75) is 44.2 Å². The SMILES string of the molecule is C=CCCCN(C)S(=O)(=O)c1cccc(CNC(C)C)c1. The molecule has 0 amide bonds. The van der Waals surface area contributed by atoms with Crippen LogP contribution in [0.1, 0.15) is 32.3 Å². The number of nitrogens with one attached hydrogen (secondary N) is 1. The normalized spacial score (nSPS) is 12.0. The number of hydrogen-bond donors (Lipinski definition) is 1. The summed E-state index contributed by atoms with van der Waals surface area (Å²) >= 11 is 0. The van der Waals surface area contributed by atoms with E-state index in [0.29, 0.717) is 24.0 Å². The van der Waals surface area contributed by atoms with Crippen LogP contribution in [0.3, 0.4) is 0 Å². The number of benzene rings is 1. The molecule has 0 saturated carbocycles. The van der Waals surface area contributed by atoms with Gasteiger partial charge in [0.15, 0.2) is 0 Å². The lowest BCUT2D eigenvalue weighted by molar-refractivity contribution is 0.462. The van der Waals surface area contributed by atoms with Gasteiger partial charge in [-0.25, -0.2) is 12.7 Å². The smallest absolute Gasteiger partial charge is 0.242 e. The lowest BCUT2D eigenvalue weighted by atomic mass is 10.2. The van der Waals surface area contributed by atoms with Gasteiger partial charge in [0.1, 0.15) is 0 Å².